The molecule has 0 aliphatic rings. The van der Waals surface area contributed by atoms with Crippen LogP contribution in [0.2, 0.25) is 0 Å². The van der Waals surface area contributed by atoms with Gasteiger partial charge in [0.25, 0.3) is 0 Å². The van der Waals surface area contributed by atoms with Crippen LogP contribution >= 0.6 is 24.1 Å². The number of aryl methyl sites for hydroxylation is 2. The minimum absolute atomic E-state index is 0. The average molecular weight is 1100 g/mol. The molecule has 0 atom stereocenters. The van der Waals surface area contributed by atoms with Gasteiger partial charge in [-0.1, -0.05) is 6.07 Å². The maximum Gasteiger partial charge on any atom is 1.00 e. The Morgan fingerprint density at radius 2 is 1.20 bits per heavy atom. The number of nitrogens with one attached hydrogen (secondary N) is 2. The molecule has 0 amide bonds. The molecule has 0 heterocycles. The Labute approximate surface area is 520 Å². The summed E-state index contributed by atoms with van der Waals surface area (Å²) in [7, 11) is -4.91. The Kier molecular flexibility index (Phi) is 28.1. The molecule has 0 fully saturated rings. The first-order chi connectivity index (χ1) is 33.8. The van der Waals surface area contributed by atoms with E-state index in [1.165, 1.54) is 12.1 Å². The molecule has 362 valence electrons. The third kappa shape index (κ3) is 18.8. The van der Waals surface area contributed by atoms with Gasteiger partial charge < -0.3 is 50.2 Å². The van der Waals surface area contributed by atoms with Gasteiger partial charge in [0.05, 0.1) is 68.9 Å². The molecule has 0 aliphatic carbocycles. The molecule has 7 aromatic rings. The topological polar surface area (TPSA) is 317 Å². The van der Waals surface area contributed by atoms with Crippen LogP contribution in [0.25, 0.3) is 21.5 Å². The van der Waals surface area contributed by atoms with Crippen LogP contribution in [0.1, 0.15) is 17.5 Å². The second-order valence-electron chi connectivity index (χ2n) is 14.6. The number of azo groups is 3. The van der Waals surface area contributed by atoms with Crippen LogP contribution in [-0.4, -0.2) is 44.1 Å². The number of aromatic hydroxyl groups is 1. The van der Waals surface area contributed by atoms with Gasteiger partial charge in [-0.05, 0) is 145 Å². The molecule has 0 unspecified atom stereocenters. The molecule has 0 spiro atoms. The number of aliphatic carboxylic acids is 1. The maximum absolute atomic E-state index is 12.0. The molecule has 7 rings (SSSR count). The summed E-state index contributed by atoms with van der Waals surface area (Å²) in [6, 6.07) is 31.2. The fourth-order valence-electron chi connectivity index (χ4n) is 6.47. The van der Waals surface area contributed by atoms with E-state index in [2.05, 4.69) is 60.1 Å². The quantitative estimate of drug-likeness (QED) is 0.00836. The number of fused-ring (bicyclic) bond motifs is 2. The summed E-state index contributed by atoms with van der Waals surface area (Å²) < 4.78 is 56.0. The summed E-state index contributed by atoms with van der Waals surface area (Å²) in [6.45, 7) is 3.90. The first-order valence-electron chi connectivity index (χ1n) is 20.3. The number of anilines is 2. The first kappa shape index (κ1) is 65.1. The molecule has 3 N–H and O–H groups in total. The summed E-state index contributed by atoms with van der Waals surface area (Å²) in [5.74, 6) is -0.939. The van der Waals surface area contributed by atoms with Crippen molar-refractivity contribution in [3.8, 4) is 11.5 Å². The van der Waals surface area contributed by atoms with E-state index in [4.69, 9.17) is 9.47 Å². The predicted octanol–water partition coefficient (Wildman–Crippen LogP) is -3.08. The van der Waals surface area contributed by atoms with Crippen LogP contribution in [0.15, 0.2) is 161 Å². The van der Waals surface area contributed by atoms with Crippen molar-refractivity contribution in [2.24, 2.45) is 30.7 Å². The third-order valence-electron chi connectivity index (χ3n) is 9.88. The molecule has 0 aromatic heterocycles. The van der Waals surface area contributed by atoms with Crippen molar-refractivity contribution >= 4 is 107 Å². The van der Waals surface area contributed by atoms with Crippen molar-refractivity contribution in [3.05, 3.63) is 126 Å². The van der Waals surface area contributed by atoms with E-state index < -0.39 is 21.0 Å². The van der Waals surface area contributed by atoms with Gasteiger partial charge in [0.15, 0.2) is 12.5 Å². The number of phenolic OH excluding ortho intramolecular Hbond substituents is 1. The molecule has 0 radical (unpaired) electrons. The number of ether oxygens (including phenoxy) is 2. The number of hydrogen-bond donors (Lipinski definition) is 3. The van der Waals surface area contributed by atoms with Crippen LogP contribution in [0.4, 0.5) is 45.5 Å². The largest absolute Gasteiger partial charge is 1.00 e. The Balaban J connectivity index is 0.00000361. The smallest absolute Gasteiger partial charge is 0.744 e. The Hall–Kier alpha value is -3.14. The number of carbonyl (C=O) groups is 1. The monoisotopic (exact) mass is 1100 g/mol. The van der Waals surface area contributed by atoms with E-state index in [1.807, 2.05) is 31.2 Å². The zero-order valence-electron chi connectivity index (χ0n) is 40.5. The van der Waals surface area contributed by atoms with Crippen LogP contribution in [0, 0.1) is 13.8 Å². The van der Waals surface area contributed by atoms with E-state index in [1.54, 1.807) is 79.7 Å². The number of carbonyl (C=O) groups excluding carboxylic acids is 1. The predicted molar refractivity (Wildman–Crippen MR) is 248 cm³/mol. The number of phenols is 1. The molecule has 0 bridgehead atoms. The molecular weight excluding hydrogens is 1060 g/mol. The molecule has 0 saturated carbocycles. The van der Waals surface area contributed by atoms with Crippen molar-refractivity contribution in [2.75, 3.05) is 30.7 Å². The summed E-state index contributed by atoms with van der Waals surface area (Å²) in [5, 5.41) is 83.3. The average Bonchev–Trinajstić information content (AvgIpc) is 3.34. The standard InChI is InChI=1S/C45H40N8O14S3.4Na/c1-26-18-40(27(2)17-39(26)51-49-33-11-9-32(10-12-33)48-50-34-4-3-28-20-36(68-66-64-57)23-42(38(28)22-34)70(59,60)61)52-53-44-41(69-67-65-58)21-29-19-35(13-14-37(29)45(44)56)63-25-47-31-7-5-30(6-8-31)46-24-62-16-15-43(54)55;;;;/h3-14,17-23,46-47,56-58H,15-16,24-25H2,1-2H3,(H,54,55)(H,59,60,61);;;;/q;4*+1/p-4. The molecule has 0 saturated heterocycles. The van der Waals surface area contributed by atoms with Gasteiger partial charge in [-0.25, -0.2) is 8.42 Å². The summed E-state index contributed by atoms with van der Waals surface area (Å²) >= 11 is 0.995. The normalized spacial score (nSPS) is 11.3. The fourth-order valence-corrected chi connectivity index (χ4v) is 8.21. The summed E-state index contributed by atoms with van der Waals surface area (Å²) in [6.07, 6.45) is -0.187. The van der Waals surface area contributed by atoms with Gasteiger partial charge in [0.1, 0.15) is 28.3 Å². The molecule has 74 heavy (non-hydrogen) atoms. The van der Waals surface area contributed by atoms with Crippen molar-refractivity contribution in [1.82, 2.24) is 0 Å². The minimum Gasteiger partial charge on any atom is -0.744 e. The van der Waals surface area contributed by atoms with Crippen LogP contribution in [0.3, 0.4) is 0 Å². The van der Waals surface area contributed by atoms with E-state index >= 15 is 0 Å². The van der Waals surface area contributed by atoms with Crippen molar-refractivity contribution < 1.29 is 185 Å². The van der Waals surface area contributed by atoms with E-state index in [0.29, 0.717) is 79.9 Å². The van der Waals surface area contributed by atoms with Gasteiger partial charge in [-0.3, -0.25) is 10.1 Å². The van der Waals surface area contributed by atoms with Gasteiger partial charge >= 0.3 is 118 Å². The SMILES string of the molecule is Cc1cc(N=Nc2c(SOO[O-])cc3cc(OCNc4ccc(NCOCCC(=O)[O-])cc4)ccc3c2O)c(C)cc1N=Nc1ccc(N=Nc2ccc3cc(SOO[O-])cc(S(=O)(=O)[O-])c3c2)cc1.[Na+].[Na+].[Na+].[Na+]. The van der Waals surface area contributed by atoms with Gasteiger partial charge in [-0.2, -0.15) is 34.2 Å². The maximum atomic E-state index is 12.0. The number of benzene rings is 7. The van der Waals surface area contributed by atoms with Crippen LogP contribution in [0.5, 0.6) is 11.5 Å². The Morgan fingerprint density at radius 1 is 0.635 bits per heavy atom. The minimum atomic E-state index is -4.91. The fraction of sp³-hybridized carbons (Fsp3) is 0.133. The number of nitrogens with zero attached hydrogens (tertiary/aromatic N) is 6. The second kappa shape index (κ2) is 31.9. The van der Waals surface area contributed by atoms with E-state index in [9.17, 15) is 38.5 Å². The number of hydrogen-bond acceptors (Lipinski definition) is 24. The van der Waals surface area contributed by atoms with Crippen LogP contribution < -0.4 is 149 Å². The van der Waals surface area contributed by atoms with Crippen LogP contribution in [-0.2, 0) is 38.4 Å². The third-order valence-corrected chi connectivity index (χ3v) is 11.9. The zero-order valence-corrected chi connectivity index (χ0v) is 50.9. The molecule has 22 nitrogen and oxygen atoms in total. The molecule has 0 aliphatic heterocycles. The Bertz CT molecular complexity index is 3220. The van der Waals surface area contributed by atoms with Gasteiger partial charge in [0.2, 0.25) is 0 Å². The zero-order chi connectivity index (χ0) is 49.6. The molecule has 7 aromatic carbocycles. The molecular formula is C45H36N8Na4O14S3. The van der Waals surface area contributed by atoms with Crippen molar-refractivity contribution in [1.29, 1.82) is 0 Å². The van der Waals surface area contributed by atoms with Crippen molar-refractivity contribution in [2.45, 2.75) is 35.0 Å². The van der Waals surface area contributed by atoms with Gasteiger partial charge in [0, 0.05) is 39.4 Å². The van der Waals surface area contributed by atoms with E-state index in [-0.39, 0.29) is 177 Å². The first-order valence-corrected chi connectivity index (χ1v) is 23.2. The second-order valence-corrected chi connectivity index (χ2v) is 17.5. The van der Waals surface area contributed by atoms with Crippen molar-refractivity contribution in [3.63, 3.8) is 0 Å². The Morgan fingerprint density at radius 3 is 1.81 bits per heavy atom. The van der Waals surface area contributed by atoms with Gasteiger partial charge in [-0.15, -0.1) is 5.11 Å². The number of rotatable bonds is 23. The summed E-state index contributed by atoms with van der Waals surface area (Å²) in [5.41, 5.74) is 5.18. The summed E-state index contributed by atoms with van der Waals surface area (Å²) in [4.78, 5) is 10.3. The number of carboxylic acids is 1. The van der Waals surface area contributed by atoms with E-state index in [0.717, 1.165) is 17.4 Å². The number of carboxylic acid groups (broad SMARTS) is 1. The molecule has 29 heteroatoms.